The number of aromatic carboxylic acids is 1. The summed E-state index contributed by atoms with van der Waals surface area (Å²) < 4.78 is 5.58. The summed E-state index contributed by atoms with van der Waals surface area (Å²) in [6, 6.07) is 9.95. The average molecular weight is 363 g/mol. The van der Waals surface area contributed by atoms with Gasteiger partial charge in [-0.3, -0.25) is 4.79 Å². The van der Waals surface area contributed by atoms with E-state index in [2.05, 4.69) is 4.98 Å². The van der Waals surface area contributed by atoms with Crippen molar-refractivity contribution in [2.24, 2.45) is 0 Å². The highest BCUT2D eigenvalue weighted by Gasteiger charge is 2.16. The first-order valence-electron chi connectivity index (χ1n) is 7.73. The monoisotopic (exact) mass is 362 g/mol. The quantitative estimate of drug-likeness (QED) is 0.764. The second-order valence-corrected chi connectivity index (χ2v) is 5.96. The number of hydrogen-bond donors (Lipinski definition) is 1. The Labute approximate surface area is 151 Å². The SMILES string of the molecule is Cc1nc(C(=O)N(C)CCCOc2cccc(Cl)c2)ccc1C(=O)O. The first-order valence-corrected chi connectivity index (χ1v) is 8.11. The van der Waals surface area contributed by atoms with Crippen molar-refractivity contribution in [3.63, 3.8) is 0 Å². The first kappa shape index (κ1) is 18.7. The average Bonchev–Trinajstić information content (AvgIpc) is 2.57. The van der Waals surface area contributed by atoms with Gasteiger partial charge in [0.2, 0.25) is 0 Å². The van der Waals surface area contributed by atoms with Crippen molar-refractivity contribution in [3.05, 3.63) is 58.4 Å². The number of aromatic nitrogens is 1. The molecular formula is C18H19ClN2O4. The summed E-state index contributed by atoms with van der Waals surface area (Å²) in [7, 11) is 1.67. The number of pyridine rings is 1. The van der Waals surface area contributed by atoms with E-state index in [4.69, 9.17) is 21.4 Å². The zero-order valence-corrected chi connectivity index (χ0v) is 14.8. The maximum absolute atomic E-state index is 12.3. The summed E-state index contributed by atoms with van der Waals surface area (Å²) in [5, 5.41) is 9.61. The van der Waals surface area contributed by atoms with Crippen LogP contribution in [0.25, 0.3) is 0 Å². The van der Waals surface area contributed by atoms with Crippen molar-refractivity contribution in [1.82, 2.24) is 9.88 Å². The fourth-order valence-corrected chi connectivity index (χ4v) is 2.43. The third kappa shape index (κ3) is 5.19. The lowest BCUT2D eigenvalue weighted by molar-refractivity contribution is 0.0693. The minimum atomic E-state index is -1.06. The second kappa shape index (κ2) is 8.48. The summed E-state index contributed by atoms with van der Waals surface area (Å²) in [6.07, 6.45) is 0.640. The molecule has 0 spiro atoms. The van der Waals surface area contributed by atoms with Gasteiger partial charge in [0.15, 0.2) is 0 Å². The van der Waals surface area contributed by atoms with Crippen LogP contribution in [0.1, 0.15) is 33.0 Å². The summed E-state index contributed by atoms with van der Waals surface area (Å²) in [5.74, 6) is -0.638. The van der Waals surface area contributed by atoms with Crippen molar-refractivity contribution in [2.45, 2.75) is 13.3 Å². The van der Waals surface area contributed by atoms with Gasteiger partial charge in [0.1, 0.15) is 11.4 Å². The Bertz CT molecular complexity index is 779. The number of halogens is 1. The standard InChI is InChI=1S/C18H19ClN2O4/c1-12-15(18(23)24)7-8-16(20-12)17(22)21(2)9-4-10-25-14-6-3-5-13(19)11-14/h3,5-8,11H,4,9-10H2,1-2H3,(H,23,24). The smallest absolute Gasteiger partial charge is 0.337 e. The van der Waals surface area contributed by atoms with Crippen molar-refractivity contribution in [2.75, 3.05) is 20.2 Å². The predicted molar refractivity (Wildman–Crippen MR) is 94.5 cm³/mol. The molecule has 0 bridgehead atoms. The molecule has 1 N–H and O–H groups in total. The Morgan fingerprint density at radius 3 is 2.68 bits per heavy atom. The molecule has 0 aliphatic heterocycles. The van der Waals surface area contributed by atoms with Crippen LogP contribution in [0.15, 0.2) is 36.4 Å². The van der Waals surface area contributed by atoms with Gasteiger partial charge in [0, 0.05) is 18.6 Å². The van der Waals surface area contributed by atoms with E-state index in [0.717, 1.165) is 0 Å². The molecule has 0 unspecified atom stereocenters. The van der Waals surface area contributed by atoms with Gasteiger partial charge in [0.25, 0.3) is 5.91 Å². The molecule has 0 saturated heterocycles. The molecule has 132 valence electrons. The van der Waals surface area contributed by atoms with Gasteiger partial charge < -0.3 is 14.7 Å². The number of carboxylic acid groups (broad SMARTS) is 1. The highest BCUT2D eigenvalue weighted by Crippen LogP contribution is 2.17. The normalized spacial score (nSPS) is 10.4. The maximum atomic E-state index is 12.3. The number of benzene rings is 1. The van der Waals surface area contributed by atoms with Crippen molar-refractivity contribution < 1.29 is 19.4 Å². The number of carbonyl (C=O) groups excluding carboxylic acids is 1. The zero-order chi connectivity index (χ0) is 18.4. The van der Waals surface area contributed by atoms with E-state index in [9.17, 15) is 9.59 Å². The molecule has 0 aliphatic carbocycles. The molecule has 1 heterocycles. The van der Waals surface area contributed by atoms with E-state index in [-0.39, 0.29) is 17.2 Å². The molecule has 1 aromatic heterocycles. The van der Waals surface area contributed by atoms with E-state index >= 15 is 0 Å². The number of carbonyl (C=O) groups is 2. The first-order chi connectivity index (χ1) is 11.9. The topological polar surface area (TPSA) is 79.7 Å². The third-order valence-electron chi connectivity index (χ3n) is 3.58. The maximum Gasteiger partial charge on any atom is 0.337 e. The molecule has 6 nitrogen and oxygen atoms in total. The number of nitrogens with zero attached hydrogens (tertiary/aromatic N) is 2. The van der Waals surface area contributed by atoms with Crippen molar-refractivity contribution in [1.29, 1.82) is 0 Å². The van der Waals surface area contributed by atoms with Crippen molar-refractivity contribution in [3.8, 4) is 5.75 Å². The molecule has 25 heavy (non-hydrogen) atoms. The van der Waals surface area contributed by atoms with Gasteiger partial charge in [-0.05, 0) is 43.7 Å². The fraction of sp³-hybridized carbons (Fsp3) is 0.278. The van der Waals surface area contributed by atoms with Crippen LogP contribution >= 0.6 is 11.6 Å². The van der Waals surface area contributed by atoms with Gasteiger partial charge in [-0.2, -0.15) is 0 Å². The van der Waals surface area contributed by atoms with Gasteiger partial charge in [-0.1, -0.05) is 17.7 Å². The highest BCUT2D eigenvalue weighted by atomic mass is 35.5. The van der Waals surface area contributed by atoms with E-state index in [0.29, 0.717) is 36.0 Å². The van der Waals surface area contributed by atoms with E-state index in [1.165, 1.54) is 17.0 Å². The van der Waals surface area contributed by atoms with Gasteiger partial charge in [0.05, 0.1) is 17.9 Å². The van der Waals surface area contributed by atoms with Crippen LogP contribution in [-0.2, 0) is 0 Å². The molecule has 1 amide bonds. The Morgan fingerprint density at radius 2 is 2.04 bits per heavy atom. The largest absolute Gasteiger partial charge is 0.493 e. The Hall–Kier alpha value is -2.60. The molecule has 7 heteroatoms. The summed E-state index contributed by atoms with van der Waals surface area (Å²) in [5.41, 5.74) is 0.630. The van der Waals surface area contributed by atoms with E-state index < -0.39 is 5.97 Å². The number of amides is 1. The lowest BCUT2D eigenvalue weighted by Gasteiger charge is -2.17. The predicted octanol–water partition coefficient (Wildman–Crippen LogP) is 3.28. The number of ether oxygens (including phenoxy) is 1. The van der Waals surface area contributed by atoms with Gasteiger partial charge in [-0.15, -0.1) is 0 Å². The molecular weight excluding hydrogens is 344 g/mol. The summed E-state index contributed by atoms with van der Waals surface area (Å²) in [4.78, 5) is 29.0. The molecule has 0 aliphatic rings. The number of hydrogen-bond acceptors (Lipinski definition) is 4. The van der Waals surface area contributed by atoms with Crippen LogP contribution in [0.4, 0.5) is 0 Å². The summed E-state index contributed by atoms with van der Waals surface area (Å²) in [6.45, 7) is 2.50. The lowest BCUT2D eigenvalue weighted by Crippen LogP contribution is -2.29. The highest BCUT2D eigenvalue weighted by molar-refractivity contribution is 6.30. The van der Waals surface area contributed by atoms with Crippen LogP contribution in [0.3, 0.4) is 0 Å². The van der Waals surface area contributed by atoms with E-state index in [1.807, 2.05) is 12.1 Å². The van der Waals surface area contributed by atoms with Gasteiger partial charge >= 0.3 is 5.97 Å². The van der Waals surface area contributed by atoms with E-state index in [1.54, 1.807) is 26.1 Å². The number of aryl methyl sites for hydroxylation is 1. The Kier molecular flexibility index (Phi) is 6.36. The van der Waals surface area contributed by atoms with Crippen molar-refractivity contribution >= 4 is 23.5 Å². The lowest BCUT2D eigenvalue weighted by atomic mass is 10.2. The molecule has 0 saturated carbocycles. The van der Waals surface area contributed by atoms with Crippen LogP contribution in [-0.4, -0.2) is 47.1 Å². The molecule has 0 atom stereocenters. The zero-order valence-electron chi connectivity index (χ0n) is 14.0. The second-order valence-electron chi connectivity index (χ2n) is 5.52. The van der Waals surface area contributed by atoms with Gasteiger partial charge in [-0.25, -0.2) is 9.78 Å². The summed E-state index contributed by atoms with van der Waals surface area (Å²) >= 11 is 5.88. The number of rotatable bonds is 7. The molecule has 1 aromatic carbocycles. The molecule has 0 radical (unpaired) electrons. The third-order valence-corrected chi connectivity index (χ3v) is 3.82. The molecule has 2 aromatic rings. The Morgan fingerprint density at radius 1 is 1.28 bits per heavy atom. The van der Waals surface area contributed by atoms with Crippen LogP contribution in [0, 0.1) is 6.92 Å². The number of carboxylic acids is 1. The minimum absolute atomic E-state index is 0.0918. The minimum Gasteiger partial charge on any atom is -0.493 e. The molecule has 2 rings (SSSR count). The van der Waals surface area contributed by atoms with Crippen LogP contribution in [0.5, 0.6) is 5.75 Å². The Balaban J connectivity index is 1.86. The fourth-order valence-electron chi connectivity index (χ4n) is 2.25. The molecule has 0 fully saturated rings. The van der Waals surface area contributed by atoms with Crippen LogP contribution < -0.4 is 4.74 Å². The van der Waals surface area contributed by atoms with Crippen LogP contribution in [0.2, 0.25) is 5.02 Å².